The molecule has 160 valence electrons. The Hall–Kier alpha value is -3.33. The monoisotopic (exact) mass is 445 g/mol. The second-order valence-corrected chi connectivity index (χ2v) is 8.18. The van der Waals surface area contributed by atoms with E-state index in [0.717, 1.165) is 26.4 Å². The number of pyridine rings is 1. The first kappa shape index (κ1) is 20.9. The summed E-state index contributed by atoms with van der Waals surface area (Å²) in [6.07, 6.45) is -2.89. The van der Waals surface area contributed by atoms with E-state index in [4.69, 9.17) is 0 Å². The molecule has 1 aromatic carbocycles. The Morgan fingerprint density at radius 2 is 1.87 bits per heavy atom. The number of carbonyl (C=O) groups is 1. The molecule has 0 aliphatic rings. The average Bonchev–Trinajstić information content (AvgIpc) is 3.29. The number of thiophene rings is 1. The van der Waals surface area contributed by atoms with Gasteiger partial charge in [0.1, 0.15) is 5.75 Å². The van der Waals surface area contributed by atoms with Gasteiger partial charge in [0.2, 0.25) is 0 Å². The van der Waals surface area contributed by atoms with Crippen LogP contribution in [0.1, 0.15) is 26.5 Å². The van der Waals surface area contributed by atoms with Crippen molar-refractivity contribution in [2.45, 2.75) is 26.8 Å². The van der Waals surface area contributed by atoms with Crippen LogP contribution in [-0.4, -0.2) is 21.9 Å². The molecule has 0 saturated heterocycles. The number of benzene rings is 1. The first-order valence-electron chi connectivity index (χ1n) is 9.38. The van der Waals surface area contributed by atoms with Crippen LogP contribution in [0.5, 0.6) is 5.75 Å². The normalized spacial score (nSPS) is 11.6. The number of carbonyl (C=O) groups excluding carboxylic acids is 1. The number of aryl methyl sites for hydroxylation is 2. The Balaban J connectivity index is 1.45. The van der Waals surface area contributed by atoms with Crippen molar-refractivity contribution in [2.75, 3.05) is 0 Å². The summed E-state index contributed by atoms with van der Waals surface area (Å²) in [6, 6.07) is 13.3. The minimum absolute atomic E-state index is 0.207. The molecule has 1 N–H and O–H groups in total. The van der Waals surface area contributed by atoms with Gasteiger partial charge in [-0.05, 0) is 73.5 Å². The summed E-state index contributed by atoms with van der Waals surface area (Å²) in [5, 5.41) is 7.31. The van der Waals surface area contributed by atoms with Gasteiger partial charge in [-0.2, -0.15) is 5.10 Å². The van der Waals surface area contributed by atoms with Crippen molar-refractivity contribution in [2.24, 2.45) is 0 Å². The third-order valence-electron chi connectivity index (χ3n) is 4.65. The highest BCUT2D eigenvalue weighted by Gasteiger charge is 2.31. The maximum atomic E-state index is 12.8. The lowest BCUT2D eigenvalue weighted by Gasteiger charge is -2.08. The number of hydrogen-bond donors (Lipinski definition) is 1. The molecule has 0 fully saturated rings. The molecule has 0 aliphatic carbocycles. The van der Waals surface area contributed by atoms with Crippen molar-refractivity contribution in [3.05, 3.63) is 76.4 Å². The van der Waals surface area contributed by atoms with E-state index in [1.165, 1.54) is 23.5 Å². The fourth-order valence-electron chi connectivity index (χ4n) is 3.25. The molecule has 0 radical (unpaired) electrons. The van der Waals surface area contributed by atoms with Gasteiger partial charge in [0.05, 0.1) is 23.3 Å². The molecule has 3 aromatic heterocycles. The minimum Gasteiger partial charge on any atom is -0.406 e. The number of ether oxygens (including phenoxy) is 1. The van der Waals surface area contributed by atoms with Crippen molar-refractivity contribution in [3.63, 3.8) is 0 Å². The number of halogens is 3. The zero-order chi connectivity index (χ0) is 22.2. The molecule has 0 unspecified atom stereocenters. The number of hydrogen-bond acceptors (Lipinski definition) is 4. The van der Waals surface area contributed by atoms with Crippen molar-refractivity contribution in [3.8, 4) is 16.2 Å². The second kappa shape index (κ2) is 8.07. The fourth-order valence-corrected chi connectivity index (χ4v) is 4.21. The smallest absolute Gasteiger partial charge is 0.406 e. The number of fused-ring (bicyclic) bond motifs is 1. The van der Waals surface area contributed by atoms with Gasteiger partial charge < -0.3 is 10.1 Å². The van der Waals surface area contributed by atoms with Gasteiger partial charge >= 0.3 is 6.36 Å². The minimum atomic E-state index is -4.71. The van der Waals surface area contributed by atoms with Crippen molar-refractivity contribution in [1.82, 2.24) is 14.9 Å². The zero-order valence-electron chi connectivity index (χ0n) is 16.7. The summed E-state index contributed by atoms with van der Waals surface area (Å²) in [4.78, 5) is 14.6. The summed E-state index contributed by atoms with van der Waals surface area (Å²) in [6.45, 7) is 4.09. The Labute approximate surface area is 180 Å². The molecular weight excluding hydrogens is 427 g/mol. The van der Waals surface area contributed by atoms with Crippen LogP contribution in [0.15, 0.2) is 54.7 Å². The van der Waals surface area contributed by atoms with Crippen LogP contribution in [0.3, 0.4) is 0 Å². The molecule has 0 saturated carbocycles. The molecule has 31 heavy (non-hydrogen) atoms. The molecule has 4 aromatic rings. The summed E-state index contributed by atoms with van der Waals surface area (Å²) < 4.78 is 42.5. The SMILES string of the molecule is Cc1ccn2nc(C)c(C(=O)NCc3ccc(-c4ccc(OC(F)(F)F)cc4)s3)c2c1. The van der Waals surface area contributed by atoms with Gasteiger partial charge in [0.25, 0.3) is 5.91 Å². The van der Waals surface area contributed by atoms with Crippen LogP contribution in [0, 0.1) is 13.8 Å². The van der Waals surface area contributed by atoms with Crippen molar-refractivity contribution >= 4 is 22.8 Å². The van der Waals surface area contributed by atoms with E-state index in [1.807, 2.05) is 37.4 Å². The van der Waals surface area contributed by atoms with Gasteiger partial charge in [0.15, 0.2) is 0 Å². The van der Waals surface area contributed by atoms with E-state index in [-0.39, 0.29) is 11.7 Å². The molecule has 9 heteroatoms. The van der Waals surface area contributed by atoms with Crippen LogP contribution < -0.4 is 10.1 Å². The van der Waals surface area contributed by atoms with Crippen LogP contribution in [0.2, 0.25) is 0 Å². The van der Waals surface area contributed by atoms with Crippen LogP contribution >= 0.6 is 11.3 Å². The molecule has 4 rings (SSSR count). The Morgan fingerprint density at radius 3 is 2.58 bits per heavy atom. The van der Waals surface area contributed by atoms with E-state index < -0.39 is 6.36 Å². The number of aromatic nitrogens is 2. The van der Waals surface area contributed by atoms with E-state index in [2.05, 4.69) is 15.2 Å². The van der Waals surface area contributed by atoms with E-state index in [9.17, 15) is 18.0 Å². The summed E-state index contributed by atoms with van der Waals surface area (Å²) in [5.74, 6) is -0.471. The maximum Gasteiger partial charge on any atom is 0.573 e. The highest BCUT2D eigenvalue weighted by molar-refractivity contribution is 7.15. The zero-order valence-corrected chi connectivity index (χ0v) is 17.5. The molecule has 0 spiro atoms. The highest BCUT2D eigenvalue weighted by atomic mass is 32.1. The van der Waals surface area contributed by atoms with Gasteiger partial charge in [-0.25, -0.2) is 4.52 Å². The Morgan fingerprint density at radius 1 is 1.13 bits per heavy atom. The van der Waals surface area contributed by atoms with Crippen LogP contribution in [-0.2, 0) is 6.54 Å². The van der Waals surface area contributed by atoms with Gasteiger partial charge in [-0.3, -0.25) is 4.79 Å². The van der Waals surface area contributed by atoms with Crippen LogP contribution in [0.4, 0.5) is 13.2 Å². The molecule has 0 atom stereocenters. The topological polar surface area (TPSA) is 55.6 Å². The summed E-state index contributed by atoms with van der Waals surface area (Å²) in [5.41, 5.74) is 3.75. The number of amides is 1. The first-order valence-corrected chi connectivity index (χ1v) is 10.2. The quantitative estimate of drug-likeness (QED) is 0.441. The largest absolute Gasteiger partial charge is 0.573 e. The van der Waals surface area contributed by atoms with E-state index in [0.29, 0.717) is 17.8 Å². The predicted molar refractivity (Wildman–Crippen MR) is 112 cm³/mol. The lowest BCUT2D eigenvalue weighted by Crippen LogP contribution is -2.22. The third kappa shape index (κ3) is 4.72. The fraction of sp³-hybridized carbons (Fsp3) is 0.182. The maximum absolute atomic E-state index is 12.8. The predicted octanol–water partition coefficient (Wildman–Crippen LogP) is 5.51. The van der Waals surface area contributed by atoms with E-state index in [1.54, 1.807) is 23.6 Å². The molecule has 0 bridgehead atoms. The first-order chi connectivity index (χ1) is 14.7. The molecular formula is C22H18F3N3O2S. The Bertz CT molecular complexity index is 1240. The van der Waals surface area contributed by atoms with Gasteiger partial charge in [-0.15, -0.1) is 24.5 Å². The lowest BCUT2D eigenvalue weighted by molar-refractivity contribution is -0.274. The molecule has 0 aliphatic heterocycles. The number of alkyl halides is 3. The highest BCUT2D eigenvalue weighted by Crippen LogP contribution is 2.31. The van der Waals surface area contributed by atoms with Gasteiger partial charge in [-0.1, -0.05) is 0 Å². The van der Waals surface area contributed by atoms with Gasteiger partial charge in [0, 0.05) is 16.0 Å². The second-order valence-electron chi connectivity index (χ2n) is 7.02. The van der Waals surface area contributed by atoms with Crippen LogP contribution in [0.25, 0.3) is 16.0 Å². The summed E-state index contributed by atoms with van der Waals surface area (Å²) >= 11 is 1.46. The molecule has 5 nitrogen and oxygen atoms in total. The number of nitrogens with zero attached hydrogens (tertiary/aromatic N) is 2. The van der Waals surface area contributed by atoms with E-state index >= 15 is 0 Å². The van der Waals surface area contributed by atoms with Crippen molar-refractivity contribution < 1.29 is 22.7 Å². The third-order valence-corrected chi connectivity index (χ3v) is 5.78. The Kier molecular flexibility index (Phi) is 5.45. The lowest BCUT2D eigenvalue weighted by atomic mass is 10.1. The number of rotatable bonds is 5. The molecule has 3 heterocycles. The van der Waals surface area contributed by atoms with Crippen molar-refractivity contribution in [1.29, 1.82) is 0 Å². The standard InChI is InChI=1S/C22H18F3N3O2S/c1-13-9-10-28-18(11-13)20(14(2)27-28)21(29)26-12-17-7-8-19(31-17)15-3-5-16(6-4-15)30-22(23,24)25/h3-11H,12H2,1-2H3,(H,26,29). The summed E-state index contributed by atoms with van der Waals surface area (Å²) in [7, 11) is 0. The molecule has 1 amide bonds. The number of nitrogens with one attached hydrogen (secondary N) is 1. The average molecular weight is 445 g/mol.